The van der Waals surface area contributed by atoms with Gasteiger partial charge in [-0.1, -0.05) is 11.8 Å². The van der Waals surface area contributed by atoms with Gasteiger partial charge in [0.15, 0.2) is 0 Å². The Morgan fingerprint density at radius 2 is 2.37 bits per heavy atom. The standard InChI is InChI=1S/C14H19NO3S/c1-11(18-3)14(17)15(2)9-13-8-12(10-19-13)6-4-5-7-16/h8,10-11,16H,5,7,9H2,1-3H3. The number of hydrogen-bond donors (Lipinski definition) is 1. The summed E-state index contributed by atoms with van der Waals surface area (Å²) in [5, 5.41) is 10.6. The molecule has 4 nitrogen and oxygen atoms in total. The molecule has 1 atom stereocenters. The minimum Gasteiger partial charge on any atom is -0.395 e. The van der Waals surface area contributed by atoms with Crippen molar-refractivity contribution in [3.8, 4) is 11.8 Å². The number of carbonyl (C=O) groups is 1. The van der Waals surface area contributed by atoms with Crippen LogP contribution in [-0.4, -0.2) is 42.8 Å². The number of hydrogen-bond acceptors (Lipinski definition) is 4. The van der Waals surface area contributed by atoms with E-state index in [1.807, 2.05) is 11.4 Å². The van der Waals surface area contributed by atoms with Crippen molar-refractivity contribution in [3.63, 3.8) is 0 Å². The zero-order valence-electron chi connectivity index (χ0n) is 11.5. The Labute approximate surface area is 118 Å². The molecule has 0 aliphatic rings. The van der Waals surface area contributed by atoms with Crippen molar-refractivity contribution >= 4 is 17.2 Å². The van der Waals surface area contributed by atoms with Crippen LogP contribution in [0.5, 0.6) is 0 Å². The lowest BCUT2D eigenvalue weighted by Gasteiger charge is -2.19. The van der Waals surface area contributed by atoms with E-state index in [0.717, 1.165) is 10.4 Å². The third-order valence-electron chi connectivity index (χ3n) is 2.59. The van der Waals surface area contributed by atoms with Gasteiger partial charge in [0.25, 0.3) is 5.91 Å². The number of amides is 1. The first-order valence-corrected chi connectivity index (χ1v) is 6.91. The van der Waals surface area contributed by atoms with E-state index in [0.29, 0.717) is 13.0 Å². The summed E-state index contributed by atoms with van der Waals surface area (Å²) in [6.45, 7) is 2.37. The predicted octanol–water partition coefficient (Wildman–Crippen LogP) is 1.48. The van der Waals surface area contributed by atoms with Crippen molar-refractivity contribution in [1.29, 1.82) is 0 Å². The molecule has 0 aromatic carbocycles. The van der Waals surface area contributed by atoms with Crippen molar-refractivity contribution in [3.05, 3.63) is 21.9 Å². The summed E-state index contributed by atoms with van der Waals surface area (Å²) in [4.78, 5) is 14.6. The second kappa shape index (κ2) is 7.95. The van der Waals surface area contributed by atoms with Crippen molar-refractivity contribution in [2.24, 2.45) is 0 Å². The molecule has 0 aliphatic heterocycles. The van der Waals surface area contributed by atoms with Gasteiger partial charge in [0.05, 0.1) is 13.2 Å². The highest BCUT2D eigenvalue weighted by Crippen LogP contribution is 2.16. The monoisotopic (exact) mass is 281 g/mol. The molecule has 0 saturated heterocycles. The highest BCUT2D eigenvalue weighted by Gasteiger charge is 2.17. The van der Waals surface area contributed by atoms with E-state index >= 15 is 0 Å². The van der Waals surface area contributed by atoms with Gasteiger partial charge in [-0.3, -0.25) is 4.79 Å². The van der Waals surface area contributed by atoms with Crippen molar-refractivity contribution in [1.82, 2.24) is 4.90 Å². The summed E-state index contributed by atoms with van der Waals surface area (Å²) < 4.78 is 5.01. The summed E-state index contributed by atoms with van der Waals surface area (Å²) in [5.74, 6) is 5.81. The molecule has 1 N–H and O–H groups in total. The van der Waals surface area contributed by atoms with Crippen molar-refractivity contribution < 1.29 is 14.6 Å². The second-order valence-corrected chi connectivity index (χ2v) is 5.15. The minimum atomic E-state index is -0.422. The molecule has 1 aromatic heterocycles. The highest BCUT2D eigenvalue weighted by atomic mass is 32.1. The van der Waals surface area contributed by atoms with Gasteiger partial charge in [-0.2, -0.15) is 0 Å². The largest absolute Gasteiger partial charge is 0.395 e. The number of methoxy groups -OCH3 is 1. The maximum atomic E-state index is 11.8. The number of ether oxygens (including phenoxy) is 1. The fourth-order valence-electron chi connectivity index (χ4n) is 1.47. The van der Waals surface area contributed by atoms with E-state index in [2.05, 4.69) is 11.8 Å². The van der Waals surface area contributed by atoms with Crippen LogP contribution in [0.2, 0.25) is 0 Å². The van der Waals surface area contributed by atoms with Crippen LogP contribution in [0.25, 0.3) is 0 Å². The molecule has 0 saturated carbocycles. The lowest BCUT2D eigenvalue weighted by molar-refractivity contribution is -0.140. The number of aliphatic hydroxyl groups is 1. The SMILES string of the molecule is COC(C)C(=O)N(C)Cc1cc(C#CCCO)cs1. The lowest BCUT2D eigenvalue weighted by atomic mass is 10.3. The number of thiophene rings is 1. The lowest BCUT2D eigenvalue weighted by Crippen LogP contribution is -2.35. The Kier molecular flexibility index (Phi) is 6.57. The van der Waals surface area contributed by atoms with Gasteiger partial charge in [-0.15, -0.1) is 11.3 Å². The van der Waals surface area contributed by atoms with Crippen molar-refractivity contribution in [2.45, 2.75) is 26.0 Å². The molecule has 0 bridgehead atoms. The van der Waals surface area contributed by atoms with Crippen LogP contribution in [0.4, 0.5) is 0 Å². The zero-order valence-corrected chi connectivity index (χ0v) is 12.3. The van der Waals surface area contributed by atoms with Gasteiger partial charge in [-0.25, -0.2) is 0 Å². The molecule has 0 spiro atoms. The Bertz CT molecular complexity index is 473. The van der Waals surface area contributed by atoms with Crippen LogP contribution in [-0.2, 0) is 16.1 Å². The molecule has 1 heterocycles. The molecule has 104 valence electrons. The van der Waals surface area contributed by atoms with Crippen LogP contribution in [0, 0.1) is 11.8 Å². The average Bonchev–Trinajstić information content (AvgIpc) is 2.84. The highest BCUT2D eigenvalue weighted by molar-refractivity contribution is 7.10. The molecular weight excluding hydrogens is 262 g/mol. The van der Waals surface area contributed by atoms with Gasteiger partial charge in [0.2, 0.25) is 0 Å². The maximum Gasteiger partial charge on any atom is 0.251 e. The first-order chi connectivity index (χ1) is 9.08. The summed E-state index contributed by atoms with van der Waals surface area (Å²) in [5.41, 5.74) is 0.925. The third-order valence-corrected chi connectivity index (χ3v) is 3.52. The number of rotatable bonds is 5. The maximum absolute atomic E-state index is 11.8. The van der Waals surface area contributed by atoms with E-state index < -0.39 is 6.10 Å². The van der Waals surface area contributed by atoms with Gasteiger partial charge < -0.3 is 14.7 Å². The van der Waals surface area contributed by atoms with Gasteiger partial charge in [-0.05, 0) is 13.0 Å². The summed E-state index contributed by atoms with van der Waals surface area (Å²) in [6.07, 6.45) is 0.0586. The van der Waals surface area contributed by atoms with Crippen LogP contribution < -0.4 is 0 Å². The quantitative estimate of drug-likeness (QED) is 0.832. The summed E-state index contributed by atoms with van der Waals surface area (Å²) in [7, 11) is 3.28. The molecule has 5 heteroatoms. The molecule has 1 rings (SSSR count). The minimum absolute atomic E-state index is 0.0381. The molecule has 1 aromatic rings. The summed E-state index contributed by atoms with van der Waals surface area (Å²) >= 11 is 1.57. The van der Waals surface area contributed by atoms with E-state index in [-0.39, 0.29) is 12.5 Å². The Morgan fingerprint density at radius 3 is 3.00 bits per heavy atom. The van der Waals surface area contributed by atoms with E-state index in [4.69, 9.17) is 9.84 Å². The molecule has 1 unspecified atom stereocenters. The smallest absolute Gasteiger partial charge is 0.251 e. The second-order valence-electron chi connectivity index (χ2n) is 4.15. The number of aliphatic hydroxyl groups excluding tert-OH is 1. The first-order valence-electron chi connectivity index (χ1n) is 6.03. The number of nitrogens with zero attached hydrogens (tertiary/aromatic N) is 1. The molecular formula is C14H19NO3S. The normalized spacial score (nSPS) is 11.6. The van der Waals surface area contributed by atoms with E-state index in [1.54, 1.807) is 30.2 Å². The fraction of sp³-hybridized carbons (Fsp3) is 0.500. The Balaban J connectivity index is 2.59. The van der Waals surface area contributed by atoms with Gasteiger partial charge >= 0.3 is 0 Å². The molecule has 0 radical (unpaired) electrons. The van der Waals surface area contributed by atoms with Crippen molar-refractivity contribution in [2.75, 3.05) is 20.8 Å². The third kappa shape index (κ3) is 5.03. The molecule has 1 amide bonds. The first kappa shape index (κ1) is 15.7. The Morgan fingerprint density at radius 1 is 1.63 bits per heavy atom. The van der Waals surface area contributed by atoms with Crippen LogP contribution >= 0.6 is 11.3 Å². The average molecular weight is 281 g/mol. The molecule has 19 heavy (non-hydrogen) atoms. The van der Waals surface area contributed by atoms with Gasteiger partial charge in [0, 0.05) is 36.4 Å². The fourth-order valence-corrected chi connectivity index (χ4v) is 2.34. The van der Waals surface area contributed by atoms with Crippen LogP contribution in [0.3, 0.4) is 0 Å². The number of carbonyl (C=O) groups excluding carboxylic acids is 1. The van der Waals surface area contributed by atoms with E-state index in [1.165, 1.54) is 7.11 Å². The summed E-state index contributed by atoms with van der Waals surface area (Å²) in [6, 6.07) is 1.97. The Hall–Kier alpha value is -1.35. The van der Waals surface area contributed by atoms with E-state index in [9.17, 15) is 4.79 Å². The molecule has 0 fully saturated rings. The van der Waals surface area contributed by atoms with Crippen LogP contribution in [0.15, 0.2) is 11.4 Å². The van der Waals surface area contributed by atoms with Crippen LogP contribution in [0.1, 0.15) is 23.8 Å². The number of likely N-dealkylation sites (N-methyl/N-ethyl adjacent to an activating group) is 1. The zero-order chi connectivity index (χ0) is 14.3. The molecule has 0 aliphatic carbocycles. The predicted molar refractivity (Wildman–Crippen MR) is 75.8 cm³/mol. The topological polar surface area (TPSA) is 49.8 Å². The van der Waals surface area contributed by atoms with Gasteiger partial charge in [0.1, 0.15) is 6.10 Å².